The smallest absolute Gasteiger partial charge is 0.315 e. The number of carbonyl (C=O) groups excluding carboxylic acids is 2. The van der Waals surface area contributed by atoms with Crippen LogP contribution in [0.2, 0.25) is 0 Å². The Kier molecular flexibility index (Phi) is 5.56. The predicted molar refractivity (Wildman–Crippen MR) is 103 cm³/mol. The van der Waals surface area contributed by atoms with Gasteiger partial charge in [0.15, 0.2) is 0 Å². The number of aryl methyl sites for hydroxylation is 1. The molecule has 3 rings (SSSR count). The van der Waals surface area contributed by atoms with Gasteiger partial charge in [-0.05, 0) is 49.1 Å². The highest BCUT2D eigenvalue weighted by atomic mass is 16.2. The molecule has 1 unspecified atom stereocenters. The zero-order valence-corrected chi connectivity index (χ0v) is 15.3. The Bertz CT molecular complexity index is 786. The molecule has 5 nitrogen and oxygen atoms in total. The van der Waals surface area contributed by atoms with Crippen LogP contribution in [0.15, 0.2) is 48.5 Å². The van der Waals surface area contributed by atoms with Gasteiger partial charge in [0.1, 0.15) is 0 Å². The van der Waals surface area contributed by atoms with E-state index in [0.717, 1.165) is 35.3 Å². The molecule has 0 aliphatic carbocycles. The number of hydrogen-bond donors (Lipinski definition) is 2. The maximum atomic E-state index is 12.2. The van der Waals surface area contributed by atoms with Crippen molar-refractivity contribution in [2.45, 2.75) is 39.3 Å². The number of urea groups is 1. The molecule has 26 heavy (non-hydrogen) atoms. The largest absolute Gasteiger partial charge is 0.334 e. The van der Waals surface area contributed by atoms with Crippen molar-refractivity contribution < 1.29 is 9.59 Å². The van der Waals surface area contributed by atoms with E-state index in [9.17, 15) is 9.59 Å². The molecule has 0 saturated carbocycles. The molecule has 2 aromatic rings. The summed E-state index contributed by atoms with van der Waals surface area (Å²) in [5.41, 5.74) is 4.20. The average molecular weight is 351 g/mol. The van der Waals surface area contributed by atoms with Gasteiger partial charge in [-0.15, -0.1) is 0 Å². The van der Waals surface area contributed by atoms with E-state index in [1.54, 1.807) is 0 Å². The molecule has 0 bridgehead atoms. The molecular weight excluding hydrogens is 326 g/mol. The third kappa shape index (κ3) is 4.23. The summed E-state index contributed by atoms with van der Waals surface area (Å²) in [6.45, 7) is 5.25. The first-order valence-corrected chi connectivity index (χ1v) is 9.04. The fourth-order valence-electron chi connectivity index (χ4n) is 3.30. The van der Waals surface area contributed by atoms with Crippen LogP contribution >= 0.6 is 0 Å². The zero-order valence-electron chi connectivity index (χ0n) is 15.3. The van der Waals surface area contributed by atoms with Gasteiger partial charge in [-0.3, -0.25) is 4.79 Å². The SMILES string of the molecule is Cc1ccccc1C(C)NC(=O)NCc1ccc(N2CCCC2=O)cc1. The summed E-state index contributed by atoms with van der Waals surface area (Å²) in [5, 5.41) is 5.85. The minimum atomic E-state index is -0.195. The number of carbonyl (C=O) groups is 2. The van der Waals surface area contributed by atoms with Crippen molar-refractivity contribution in [1.29, 1.82) is 0 Å². The van der Waals surface area contributed by atoms with Crippen LogP contribution in [0.25, 0.3) is 0 Å². The molecule has 1 heterocycles. The van der Waals surface area contributed by atoms with Crippen LogP contribution in [0.1, 0.15) is 42.5 Å². The first-order valence-electron chi connectivity index (χ1n) is 9.04. The number of amides is 3. The van der Waals surface area contributed by atoms with Crippen LogP contribution in [0.3, 0.4) is 0 Å². The Morgan fingerprint density at radius 1 is 1.15 bits per heavy atom. The van der Waals surface area contributed by atoms with Gasteiger partial charge in [-0.1, -0.05) is 36.4 Å². The van der Waals surface area contributed by atoms with E-state index in [0.29, 0.717) is 13.0 Å². The number of anilines is 1. The van der Waals surface area contributed by atoms with E-state index >= 15 is 0 Å². The van der Waals surface area contributed by atoms with Crippen molar-refractivity contribution in [3.63, 3.8) is 0 Å². The van der Waals surface area contributed by atoms with Crippen molar-refractivity contribution in [3.8, 4) is 0 Å². The van der Waals surface area contributed by atoms with Gasteiger partial charge in [0.2, 0.25) is 5.91 Å². The van der Waals surface area contributed by atoms with Gasteiger partial charge in [0, 0.05) is 25.2 Å². The van der Waals surface area contributed by atoms with Crippen molar-refractivity contribution in [2.75, 3.05) is 11.4 Å². The topological polar surface area (TPSA) is 61.4 Å². The fraction of sp³-hybridized carbons (Fsp3) is 0.333. The highest BCUT2D eigenvalue weighted by molar-refractivity contribution is 5.95. The predicted octanol–water partition coefficient (Wildman–Crippen LogP) is 3.68. The quantitative estimate of drug-likeness (QED) is 0.863. The lowest BCUT2D eigenvalue weighted by Crippen LogP contribution is -2.36. The van der Waals surface area contributed by atoms with Crippen LogP contribution in [0.4, 0.5) is 10.5 Å². The summed E-state index contributed by atoms with van der Waals surface area (Å²) in [6.07, 6.45) is 1.55. The van der Waals surface area contributed by atoms with Crippen LogP contribution in [-0.4, -0.2) is 18.5 Å². The Hall–Kier alpha value is -2.82. The van der Waals surface area contributed by atoms with E-state index in [2.05, 4.69) is 10.6 Å². The molecule has 0 aromatic heterocycles. The number of nitrogens with zero attached hydrogens (tertiary/aromatic N) is 1. The Morgan fingerprint density at radius 3 is 2.54 bits per heavy atom. The molecule has 5 heteroatoms. The summed E-state index contributed by atoms with van der Waals surface area (Å²) in [7, 11) is 0. The molecule has 0 radical (unpaired) electrons. The van der Waals surface area contributed by atoms with E-state index < -0.39 is 0 Å². The van der Waals surface area contributed by atoms with Gasteiger partial charge < -0.3 is 15.5 Å². The maximum absolute atomic E-state index is 12.2. The lowest BCUT2D eigenvalue weighted by molar-refractivity contribution is -0.117. The van der Waals surface area contributed by atoms with Gasteiger partial charge in [-0.2, -0.15) is 0 Å². The summed E-state index contributed by atoms with van der Waals surface area (Å²) in [5.74, 6) is 0.181. The van der Waals surface area contributed by atoms with E-state index in [4.69, 9.17) is 0 Å². The Labute approximate surface area is 154 Å². The van der Waals surface area contributed by atoms with Crippen LogP contribution in [0, 0.1) is 6.92 Å². The minimum absolute atomic E-state index is 0.0558. The highest BCUT2D eigenvalue weighted by Crippen LogP contribution is 2.21. The molecular formula is C21H25N3O2. The van der Waals surface area contributed by atoms with Gasteiger partial charge in [-0.25, -0.2) is 4.79 Å². The third-order valence-corrected chi connectivity index (χ3v) is 4.78. The second-order valence-corrected chi connectivity index (χ2v) is 6.72. The van der Waals surface area contributed by atoms with E-state index in [1.807, 2.05) is 67.3 Å². The maximum Gasteiger partial charge on any atom is 0.315 e. The summed E-state index contributed by atoms with van der Waals surface area (Å²) in [6, 6.07) is 15.6. The highest BCUT2D eigenvalue weighted by Gasteiger charge is 2.21. The van der Waals surface area contributed by atoms with Gasteiger partial charge in [0.05, 0.1) is 6.04 Å². The molecule has 1 aliphatic heterocycles. The molecule has 136 valence electrons. The lowest BCUT2D eigenvalue weighted by Gasteiger charge is -2.18. The third-order valence-electron chi connectivity index (χ3n) is 4.78. The van der Waals surface area contributed by atoms with Crippen molar-refractivity contribution in [3.05, 3.63) is 65.2 Å². The molecule has 0 spiro atoms. The first-order chi connectivity index (χ1) is 12.5. The number of nitrogens with one attached hydrogen (secondary N) is 2. The monoisotopic (exact) mass is 351 g/mol. The normalized spacial score (nSPS) is 15.0. The fourth-order valence-corrected chi connectivity index (χ4v) is 3.30. The Morgan fingerprint density at radius 2 is 1.88 bits per heavy atom. The van der Waals surface area contributed by atoms with E-state index in [1.165, 1.54) is 0 Å². The summed E-state index contributed by atoms with van der Waals surface area (Å²) in [4.78, 5) is 25.7. The van der Waals surface area contributed by atoms with Crippen LogP contribution < -0.4 is 15.5 Å². The minimum Gasteiger partial charge on any atom is -0.334 e. The molecule has 1 atom stereocenters. The van der Waals surface area contributed by atoms with Gasteiger partial charge in [0.25, 0.3) is 0 Å². The second-order valence-electron chi connectivity index (χ2n) is 6.72. The van der Waals surface area contributed by atoms with Gasteiger partial charge >= 0.3 is 6.03 Å². The standard InChI is InChI=1S/C21H25N3O2/c1-15-6-3-4-7-19(15)16(2)23-21(26)22-14-17-9-11-18(12-10-17)24-13-5-8-20(24)25/h3-4,6-7,9-12,16H,5,8,13-14H2,1-2H3,(H2,22,23,26). The second kappa shape index (κ2) is 8.04. The van der Waals surface area contributed by atoms with Crippen molar-refractivity contribution in [1.82, 2.24) is 10.6 Å². The summed E-state index contributed by atoms with van der Waals surface area (Å²) >= 11 is 0. The van der Waals surface area contributed by atoms with Crippen molar-refractivity contribution >= 4 is 17.6 Å². The molecule has 2 N–H and O–H groups in total. The first kappa shape index (κ1) is 18.0. The van der Waals surface area contributed by atoms with Crippen molar-refractivity contribution in [2.24, 2.45) is 0 Å². The Balaban J connectivity index is 1.51. The lowest BCUT2D eigenvalue weighted by atomic mass is 10.0. The molecule has 2 aromatic carbocycles. The average Bonchev–Trinajstić information content (AvgIpc) is 3.06. The number of rotatable bonds is 5. The molecule has 1 aliphatic rings. The number of benzene rings is 2. The summed E-state index contributed by atoms with van der Waals surface area (Å²) < 4.78 is 0. The zero-order chi connectivity index (χ0) is 18.5. The molecule has 1 saturated heterocycles. The van der Waals surface area contributed by atoms with E-state index in [-0.39, 0.29) is 18.0 Å². The molecule has 3 amide bonds. The number of hydrogen-bond acceptors (Lipinski definition) is 2. The van der Waals surface area contributed by atoms with Crippen LogP contribution in [0.5, 0.6) is 0 Å². The van der Waals surface area contributed by atoms with Crippen LogP contribution in [-0.2, 0) is 11.3 Å². The molecule has 1 fully saturated rings.